The van der Waals surface area contributed by atoms with Crippen LogP contribution >= 0.6 is 0 Å². The molecule has 3 amide bonds. The summed E-state index contributed by atoms with van der Waals surface area (Å²) in [5, 5.41) is 5.47. The van der Waals surface area contributed by atoms with Crippen molar-refractivity contribution in [3.63, 3.8) is 0 Å². The number of nitrogens with one attached hydrogen (secondary N) is 2. The molecule has 0 saturated carbocycles. The molecule has 130 valence electrons. The quantitative estimate of drug-likeness (QED) is 0.666. The van der Waals surface area contributed by atoms with Gasteiger partial charge in [-0.05, 0) is 36.4 Å². The topological polar surface area (TPSA) is 119 Å². The van der Waals surface area contributed by atoms with E-state index >= 15 is 0 Å². The van der Waals surface area contributed by atoms with Crippen molar-refractivity contribution in [1.29, 1.82) is 0 Å². The van der Waals surface area contributed by atoms with Crippen LogP contribution in [0.25, 0.3) is 11.0 Å². The molecule has 4 N–H and O–H groups in total. The number of rotatable bonds is 3. The van der Waals surface area contributed by atoms with Crippen molar-refractivity contribution in [2.45, 2.75) is 12.5 Å². The van der Waals surface area contributed by atoms with E-state index in [9.17, 15) is 14.4 Å². The number of amides is 3. The highest BCUT2D eigenvalue weighted by atomic mass is 16.2. The van der Waals surface area contributed by atoms with Crippen LogP contribution in [0.1, 0.15) is 22.8 Å². The highest BCUT2D eigenvalue weighted by Gasteiger charge is 2.32. The van der Waals surface area contributed by atoms with Gasteiger partial charge in [0.25, 0.3) is 0 Å². The van der Waals surface area contributed by atoms with Crippen molar-refractivity contribution in [2.24, 2.45) is 5.73 Å². The van der Waals surface area contributed by atoms with Crippen LogP contribution in [0.15, 0.2) is 48.5 Å². The average molecular weight is 349 g/mol. The molecule has 3 aromatic rings. The Bertz CT molecular complexity index is 1040. The molecule has 1 aliphatic heterocycles. The minimum atomic E-state index is -0.720. The smallest absolute Gasteiger partial charge is 0.248 e. The summed E-state index contributed by atoms with van der Waals surface area (Å²) >= 11 is 0. The summed E-state index contributed by atoms with van der Waals surface area (Å²) in [5.41, 5.74) is 7.54. The Kier molecular flexibility index (Phi) is 3.65. The van der Waals surface area contributed by atoms with E-state index in [1.54, 1.807) is 16.7 Å². The highest BCUT2D eigenvalue weighted by molar-refractivity contribution is 6.03. The third kappa shape index (κ3) is 2.67. The molecular weight excluding hydrogens is 334 g/mol. The first-order valence-corrected chi connectivity index (χ1v) is 8.00. The molecule has 1 aromatic heterocycles. The number of hydrogen-bond acceptors (Lipinski definition) is 4. The third-order valence-corrected chi connectivity index (χ3v) is 4.28. The zero-order valence-electron chi connectivity index (χ0n) is 13.6. The Morgan fingerprint density at radius 2 is 1.88 bits per heavy atom. The zero-order valence-corrected chi connectivity index (χ0v) is 13.6. The Morgan fingerprint density at radius 3 is 2.62 bits per heavy atom. The minimum absolute atomic E-state index is 0.0125. The molecular formula is C18H15N5O3. The number of aromatic nitrogens is 2. The molecule has 2 heterocycles. The van der Waals surface area contributed by atoms with Gasteiger partial charge in [-0.3, -0.25) is 24.3 Å². The summed E-state index contributed by atoms with van der Waals surface area (Å²) in [4.78, 5) is 40.3. The van der Waals surface area contributed by atoms with Crippen LogP contribution in [-0.2, 0) is 9.59 Å². The van der Waals surface area contributed by atoms with Gasteiger partial charge in [-0.1, -0.05) is 12.1 Å². The molecule has 26 heavy (non-hydrogen) atoms. The fourth-order valence-electron chi connectivity index (χ4n) is 3.04. The van der Waals surface area contributed by atoms with Crippen LogP contribution in [0, 0.1) is 0 Å². The number of para-hydroxylation sites is 2. The van der Waals surface area contributed by atoms with Gasteiger partial charge in [0.15, 0.2) is 0 Å². The van der Waals surface area contributed by atoms with Gasteiger partial charge in [-0.2, -0.15) is 0 Å². The molecule has 4 rings (SSSR count). The van der Waals surface area contributed by atoms with Crippen molar-refractivity contribution in [1.82, 2.24) is 9.55 Å². The van der Waals surface area contributed by atoms with Crippen molar-refractivity contribution in [3.05, 3.63) is 54.1 Å². The van der Waals surface area contributed by atoms with Gasteiger partial charge in [0.05, 0.1) is 17.5 Å². The van der Waals surface area contributed by atoms with E-state index in [1.165, 1.54) is 12.1 Å². The van der Waals surface area contributed by atoms with Gasteiger partial charge in [-0.15, -0.1) is 0 Å². The van der Waals surface area contributed by atoms with Crippen LogP contribution in [0.3, 0.4) is 0 Å². The Morgan fingerprint density at radius 1 is 1.15 bits per heavy atom. The normalized spacial score (nSPS) is 16.0. The summed E-state index contributed by atoms with van der Waals surface area (Å²) in [6.07, 6.45) is 0.0125. The fourth-order valence-corrected chi connectivity index (χ4v) is 3.04. The van der Waals surface area contributed by atoms with Gasteiger partial charge in [-0.25, -0.2) is 4.98 Å². The predicted octanol–water partition coefficient (Wildman–Crippen LogP) is 1.66. The first-order chi connectivity index (χ1) is 12.5. The summed E-state index contributed by atoms with van der Waals surface area (Å²) in [6.45, 7) is 0. The number of carbonyl (C=O) groups is 3. The molecule has 0 radical (unpaired) electrons. The number of fused-ring (bicyclic) bond motifs is 3. The molecule has 0 spiro atoms. The Hall–Kier alpha value is -3.68. The number of primary amides is 1. The second kappa shape index (κ2) is 5.99. The fraction of sp³-hybridized carbons (Fsp3) is 0.111. The molecule has 2 aromatic carbocycles. The predicted molar refractivity (Wildman–Crippen MR) is 95.6 cm³/mol. The maximum absolute atomic E-state index is 12.8. The van der Waals surface area contributed by atoms with Crippen LogP contribution in [0.2, 0.25) is 0 Å². The Labute approximate surface area is 148 Å². The summed E-state index contributed by atoms with van der Waals surface area (Å²) < 4.78 is 1.73. The second-order valence-electron chi connectivity index (χ2n) is 5.99. The summed E-state index contributed by atoms with van der Waals surface area (Å²) in [5.74, 6) is -0.791. The standard InChI is InChI=1S/C18H15N5O3/c19-16(25)10-5-7-11(8-6-10)20-17(26)14-9-15(24)22-18-21-12-3-1-2-4-13(12)23(14)18/h1-8,14H,9H2,(H2,19,25)(H,20,26)(H,21,22,24). The van der Waals surface area contributed by atoms with Crippen LogP contribution < -0.4 is 16.4 Å². The van der Waals surface area contributed by atoms with Gasteiger partial charge in [0, 0.05) is 11.3 Å². The van der Waals surface area contributed by atoms with E-state index in [0.717, 1.165) is 5.52 Å². The van der Waals surface area contributed by atoms with E-state index in [4.69, 9.17) is 5.73 Å². The monoisotopic (exact) mass is 349 g/mol. The lowest BCUT2D eigenvalue weighted by Gasteiger charge is -2.25. The van der Waals surface area contributed by atoms with Crippen LogP contribution in [0.5, 0.6) is 0 Å². The number of anilines is 2. The molecule has 1 unspecified atom stereocenters. The molecule has 0 fully saturated rings. The zero-order chi connectivity index (χ0) is 18.3. The average Bonchev–Trinajstić information content (AvgIpc) is 2.99. The van der Waals surface area contributed by atoms with Gasteiger partial charge in [0.1, 0.15) is 6.04 Å². The summed E-state index contributed by atoms with van der Waals surface area (Å²) in [7, 11) is 0. The SMILES string of the molecule is NC(=O)c1ccc(NC(=O)C2CC(=O)Nc3nc4ccccc4n32)cc1. The maximum Gasteiger partial charge on any atom is 0.248 e. The number of hydrogen-bond donors (Lipinski definition) is 3. The van der Waals surface area contributed by atoms with Gasteiger partial charge < -0.3 is 11.1 Å². The first-order valence-electron chi connectivity index (χ1n) is 8.00. The number of nitrogens with zero attached hydrogens (tertiary/aromatic N) is 2. The van der Waals surface area contributed by atoms with Crippen LogP contribution in [0.4, 0.5) is 11.6 Å². The lowest BCUT2D eigenvalue weighted by atomic mass is 10.1. The molecule has 8 heteroatoms. The maximum atomic E-state index is 12.8. The van der Waals surface area contributed by atoms with Crippen LogP contribution in [-0.4, -0.2) is 27.3 Å². The van der Waals surface area contributed by atoms with Crippen molar-refractivity contribution in [2.75, 3.05) is 10.6 Å². The molecule has 8 nitrogen and oxygen atoms in total. The van der Waals surface area contributed by atoms with Gasteiger partial charge in [0.2, 0.25) is 23.7 Å². The number of benzene rings is 2. The third-order valence-electron chi connectivity index (χ3n) is 4.28. The molecule has 0 aliphatic carbocycles. The number of carbonyl (C=O) groups excluding carboxylic acids is 3. The van der Waals surface area contributed by atoms with E-state index in [1.807, 2.05) is 24.3 Å². The van der Waals surface area contributed by atoms with Crippen molar-refractivity contribution in [3.8, 4) is 0 Å². The molecule has 0 saturated heterocycles. The van der Waals surface area contributed by atoms with E-state index in [2.05, 4.69) is 15.6 Å². The van der Waals surface area contributed by atoms with E-state index < -0.39 is 11.9 Å². The lowest BCUT2D eigenvalue weighted by Crippen LogP contribution is -2.35. The second-order valence-corrected chi connectivity index (χ2v) is 5.99. The number of imidazole rings is 1. The highest BCUT2D eigenvalue weighted by Crippen LogP contribution is 2.31. The molecule has 0 bridgehead atoms. The van der Waals surface area contributed by atoms with Gasteiger partial charge >= 0.3 is 0 Å². The first kappa shape index (κ1) is 15.8. The van der Waals surface area contributed by atoms with Crippen molar-refractivity contribution >= 4 is 40.4 Å². The van der Waals surface area contributed by atoms with E-state index in [-0.39, 0.29) is 18.2 Å². The van der Waals surface area contributed by atoms with E-state index in [0.29, 0.717) is 22.7 Å². The molecule has 1 aliphatic rings. The lowest BCUT2D eigenvalue weighted by molar-refractivity contribution is -0.124. The van der Waals surface area contributed by atoms with Crippen molar-refractivity contribution < 1.29 is 14.4 Å². The summed E-state index contributed by atoms with van der Waals surface area (Å²) in [6, 6.07) is 12.9. The number of nitrogens with two attached hydrogens (primary N) is 1. The largest absolute Gasteiger partial charge is 0.366 e. The Balaban J connectivity index is 1.66. The molecule has 1 atom stereocenters. The minimum Gasteiger partial charge on any atom is -0.366 e.